The summed E-state index contributed by atoms with van der Waals surface area (Å²) in [4.78, 5) is 31.4. The van der Waals surface area contributed by atoms with Crippen LogP contribution in [-0.4, -0.2) is 60.6 Å². The topological polar surface area (TPSA) is 66.2 Å². The number of benzene rings is 1. The van der Waals surface area contributed by atoms with Gasteiger partial charge < -0.3 is 19.0 Å². The molecule has 0 atom stereocenters. The molecule has 1 amide bonds. The van der Waals surface area contributed by atoms with Gasteiger partial charge in [0.05, 0.1) is 20.3 Å². The van der Waals surface area contributed by atoms with E-state index in [0.717, 1.165) is 36.8 Å². The lowest BCUT2D eigenvalue weighted by Gasteiger charge is -2.43. The van der Waals surface area contributed by atoms with Crippen molar-refractivity contribution in [3.8, 4) is 0 Å². The average molecular weight is 397 g/mol. The van der Waals surface area contributed by atoms with Crippen molar-refractivity contribution in [3.63, 3.8) is 0 Å². The van der Waals surface area contributed by atoms with Gasteiger partial charge in [-0.2, -0.15) is 0 Å². The van der Waals surface area contributed by atoms with E-state index >= 15 is 0 Å². The summed E-state index contributed by atoms with van der Waals surface area (Å²) in [6.45, 7) is 4.65. The van der Waals surface area contributed by atoms with Crippen LogP contribution in [0.4, 0.5) is 5.69 Å². The first-order valence-electron chi connectivity index (χ1n) is 9.98. The molecular formula is C22H27N3O4. The van der Waals surface area contributed by atoms with E-state index in [4.69, 9.17) is 9.15 Å². The van der Waals surface area contributed by atoms with Gasteiger partial charge in [0.25, 0.3) is 5.91 Å². The minimum Gasteiger partial charge on any atom is -0.468 e. The maximum Gasteiger partial charge on any atom is 0.325 e. The normalized spacial score (nSPS) is 19.2. The zero-order chi connectivity index (χ0) is 20.4. The number of furan rings is 1. The quantitative estimate of drug-likeness (QED) is 0.722. The Labute approximate surface area is 170 Å². The van der Waals surface area contributed by atoms with Gasteiger partial charge >= 0.3 is 5.97 Å². The Bertz CT molecular complexity index is 871. The highest BCUT2D eigenvalue weighted by molar-refractivity contribution is 5.95. The number of ether oxygens (including phenoxy) is 1. The van der Waals surface area contributed by atoms with Gasteiger partial charge in [-0.1, -0.05) is 18.2 Å². The van der Waals surface area contributed by atoms with Crippen molar-refractivity contribution in [1.82, 2.24) is 9.80 Å². The maximum atomic E-state index is 13.4. The Balaban J connectivity index is 1.54. The minimum absolute atomic E-state index is 0.0141. The third-order valence-corrected chi connectivity index (χ3v) is 5.99. The number of anilines is 1. The fraction of sp³-hybridized carbons (Fsp3) is 0.455. The highest BCUT2D eigenvalue weighted by atomic mass is 16.5. The first kappa shape index (κ1) is 19.5. The molecule has 4 rings (SSSR count). The van der Waals surface area contributed by atoms with Crippen LogP contribution in [0.3, 0.4) is 0 Å². The average Bonchev–Trinajstić information content (AvgIpc) is 3.26. The zero-order valence-electron chi connectivity index (χ0n) is 17.0. The Morgan fingerprint density at radius 1 is 1.14 bits per heavy atom. The molecule has 2 aromatic rings. The van der Waals surface area contributed by atoms with Crippen LogP contribution < -0.4 is 4.90 Å². The molecule has 0 aliphatic carbocycles. The van der Waals surface area contributed by atoms with Crippen LogP contribution in [-0.2, 0) is 20.9 Å². The highest BCUT2D eigenvalue weighted by Gasteiger charge is 2.54. The lowest BCUT2D eigenvalue weighted by Crippen LogP contribution is -2.56. The van der Waals surface area contributed by atoms with Crippen LogP contribution in [0.5, 0.6) is 0 Å². The molecule has 0 bridgehead atoms. The first-order chi connectivity index (χ1) is 14.0. The summed E-state index contributed by atoms with van der Waals surface area (Å²) < 4.78 is 10.5. The summed E-state index contributed by atoms with van der Waals surface area (Å²) in [5.41, 5.74) is 0.383. The Morgan fingerprint density at radius 2 is 1.86 bits per heavy atom. The number of methoxy groups -OCH3 is 1. The predicted octanol–water partition coefficient (Wildman–Crippen LogP) is 2.40. The number of hydrogen-bond donors (Lipinski definition) is 0. The number of esters is 1. The highest BCUT2D eigenvalue weighted by Crippen LogP contribution is 2.39. The van der Waals surface area contributed by atoms with E-state index < -0.39 is 11.5 Å². The van der Waals surface area contributed by atoms with Gasteiger partial charge in [0.2, 0.25) is 0 Å². The second-order valence-corrected chi connectivity index (χ2v) is 7.80. The van der Waals surface area contributed by atoms with E-state index in [1.54, 1.807) is 4.90 Å². The standard InChI is InChI=1S/C22H27N3O4/c1-17-8-9-19(29-17)14-23-12-10-22(11-13-23)21(27)24(15-20(26)28-2)16-25(22)18-6-4-3-5-7-18/h3-9H,10-16H2,1-2H3. The number of amides is 1. The second kappa shape index (κ2) is 7.91. The summed E-state index contributed by atoms with van der Waals surface area (Å²) in [5.74, 6) is 1.48. The monoisotopic (exact) mass is 397 g/mol. The molecule has 7 nitrogen and oxygen atoms in total. The fourth-order valence-corrected chi connectivity index (χ4v) is 4.41. The summed E-state index contributed by atoms with van der Waals surface area (Å²) in [5, 5.41) is 0. The van der Waals surface area contributed by atoms with Crippen molar-refractivity contribution in [1.29, 1.82) is 0 Å². The molecule has 0 N–H and O–H groups in total. The smallest absolute Gasteiger partial charge is 0.325 e. The fourth-order valence-electron chi connectivity index (χ4n) is 4.41. The number of carbonyl (C=O) groups excluding carboxylic acids is 2. The summed E-state index contributed by atoms with van der Waals surface area (Å²) >= 11 is 0. The number of nitrogens with zero attached hydrogens (tertiary/aromatic N) is 3. The summed E-state index contributed by atoms with van der Waals surface area (Å²) in [6.07, 6.45) is 1.41. The van der Waals surface area contributed by atoms with Crippen LogP contribution in [0.2, 0.25) is 0 Å². The molecule has 154 valence electrons. The van der Waals surface area contributed by atoms with Crippen molar-refractivity contribution in [2.45, 2.75) is 31.8 Å². The van der Waals surface area contributed by atoms with Gasteiger partial charge in [0.1, 0.15) is 23.6 Å². The number of piperidine rings is 1. The van der Waals surface area contributed by atoms with Crippen molar-refractivity contribution in [2.24, 2.45) is 0 Å². The molecule has 1 aromatic carbocycles. The maximum absolute atomic E-state index is 13.4. The van der Waals surface area contributed by atoms with E-state index in [-0.39, 0.29) is 12.5 Å². The third kappa shape index (κ3) is 3.74. The largest absolute Gasteiger partial charge is 0.468 e. The van der Waals surface area contributed by atoms with Crippen LogP contribution in [0.15, 0.2) is 46.9 Å². The predicted molar refractivity (Wildman–Crippen MR) is 108 cm³/mol. The van der Waals surface area contributed by atoms with Gasteiger partial charge in [0.15, 0.2) is 0 Å². The molecule has 2 saturated heterocycles. The molecule has 2 aliphatic rings. The molecule has 0 saturated carbocycles. The summed E-state index contributed by atoms with van der Waals surface area (Å²) in [6, 6.07) is 13.9. The van der Waals surface area contributed by atoms with Gasteiger partial charge in [0, 0.05) is 18.8 Å². The van der Waals surface area contributed by atoms with Crippen LogP contribution in [0, 0.1) is 6.92 Å². The SMILES string of the molecule is COC(=O)CN1CN(c2ccccc2)C2(CCN(Cc3ccc(C)o3)CC2)C1=O. The zero-order valence-corrected chi connectivity index (χ0v) is 17.0. The molecular weight excluding hydrogens is 370 g/mol. The molecule has 0 unspecified atom stereocenters. The van der Waals surface area contributed by atoms with E-state index in [2.05, 4.69) is 9.80 Å². The third-order valence-electron chi connectivity index (χ3n) is 5.99. The molecule has 2 fully saturated rings. The van der Waals surface area contributed by atoms with Gasteiger partial charge in [-0.3, -0.25) is 14.5 Å². The van der Waals surface area contributed by atoms with Crippen molar-refractivity contribution >= 4 is 17.6 Å². The first-order valence-corrected chi connectivity index (χ1v) is 9.98. The second-order valence-electron chi connectivity index (χ2n) is 7.80. The molecule has 29 heavy (non-hydrogen) atoms. The van der Waals surface area contributed by atoms with E-state index in [1.165, 1.54) is 7.11 Å². The lowest BCUT2D eigenvalue weighted by molar-refractivity contribution is -0.146. The molecule has 3 heterocycles. The molecule has 2 aliphatic heterocycles. The number of hydrogen-bond acceptors (Lipinski definition) is 6. The number of aryl methyl sites for hydroxylation is 1. The number of rotatable bonds is 5. The number of likely N-dealkylation sites (tertiary alicyclic amines) is 1. The Kier molecular flexibility index (Phi) is 5.32. The van der Waals surface area contributed by atoms with E-state index in [9.17, 15) is 9.59 Å². The van der Waals surface area contributed by atoms with E-state index in [1.807, 2.05) is 49.4 Å². The molecule has 1 spiro atoms. The van der Waals surface area contributed by atoms with Crippen LogP contribution in [0.25, 0.3) is 0 Å². The Morgan fingerprint density at radius 3 is 2.48 bits per heavy atom. The van der Waals surface area contributed by atoms with Crippen molar-refractivity contribution < 1.29 is 18.7 Å². The van der Waals surface area contributed by atoms with Crippen molar-refractivity contribution in [3.05, 3.63) is 54.0 Å². The summed E-state index contributed by atoms with van der Waals surface area (Å²) in [7, 11) is 1.35. The minimum atomic E-state index is -0.620. The Hall–Kier alpha value is -2.80. The lowest BCUT2D eigenvalue weighted by atomic mass is 9.85. The van der Waals surface area contributed by atoms with E-state index in [0.29, 0.717) is 19.5 Å². The van der Waals surface area contributed by atoms with Gasteiger partial charge in [-0.25, -0.2) is 0 Å². The number of para-hydroxylation sites is 1. The van der Waals surface area contributed by atoms with Crippen LogP contribution in [0.1, 0.15) is 24.4 Å². The van der Waals surface area contributed by atoms with Gasteiger partial charge in [-0.15, -0.1) is 0 Å². The molecule has 7 heteroatoms. The van der Waals surface area contributed by atoms with Crippen LogP contribution >= 0.6 is 0 Å². The molecule has 0 radical (unpaired) electrons. The van der Waals surface area contributed by atoms with Crippen molar-refractivity contribution in [2.75, 3.05) is 38.3 Å². The molecule has 1 aromatic heterocycles. The number of carbonyl (C=O) groups is 2. The van der Waals surface area contributed by atoms with Gasteiger partial charge in [-0.05, 0) is 44.0 Å².